The van der Waals surface area contributed by atoms with Gasteiger partial charge in [0, 0.05) is 30.2 Å². The summed E-state index contributed by atoms with van der Waals surface area (Å²) in [6, 6.07) is 12.5. The molecule has 0 radical (unpaired) electrons. The smallest absolute Gasteiger partial charge is 0.307 e. The van der Waals surface area contributed by atoms with E-state index in [1.54, 1.807) is 19.2 Å². The van der Waals surface area contributed by atoms with Crippen molar-refractivity contribution in [2.24, 2.45) is 0 Å². The monoisotopic (exact) mass is 563 g/mol. The van der Waals surface area contributed by atoms with E-state index in [0.29, 0.717) is 48.3 Å². The largest absolute Gasteiger partial charge is 0.486 e. The number of carbonyl (C=O) groups excluding carboxylic acids is 1. The molecule has 0 spiro atoms. The molecule has 0 bridgehead atoms. The van der Waals surface area contributed by atoms with Crippen LogP contribution in [0, 0.1) is 17.7 Å². The highest BCUT2D eigenvalue weighted by Gasteiger charge is 2.30. The van der Waals surface area contributed by atoms with E-state index in [0.717, 1.165) is 35.1 Å². The van der Waals surface area contributed by atoms with Crippen molar-refractivity contribution in [1.82, 2.24) is 4.98 Å². The second-order valence-corrected chi connectivity index (χ2v) is 10.3. The van der Waals surface area contributed by atoms with Crippen LogP contribution in [0.4, 0.5) is 4.39 Å². The lowest BCUT2D eigenvalue weighted by molar-refractivity contribution is -0.140. The van der Waals surface area contributed by atoms with Gasteiger partial charge in [0.05, 0.1) is 32.7 Å². The lowest BCUT2D eigenvalue weighted by Crippen LogP contribution is -2.26. The molecule has 40 heavy (non-hydrogen) atoms. The molecule has 1 aromatic heterocycles. The van der Waals surface area contributed by atoms with Crippen molar-refractivity contribution in [1.29, 1.82) is 0 Å². The van der Waals surface area contributed by atoms with Crippen LogP contribution in [0.2, 0.25) is 5.02 Å². The molecule has 0 amide bonds. The van der Waals surface area contributed by atoms with Crippen LogP contribution < -0.4 is 9.47 Å². The predicted molar refractivity (Wildman–Crippen MR) is 150 cm³/mol. The fourth-order valence-corrected chi connectivity index (χ4v) is 5.50. The number of pyridine rings is 1. The lowest BCUT2D eigenvalue weighted by Gasteiger charge is -2.23. The van der Waals surface area contributed by atoms with E-state index >= 15 is 4.39 Å². The first-order valence-corrected chi connectivity index (χ1v) is 13.8. The van der Waals surface area contributed by atoms with E-state index in [9.17, 15) is 4.79 Å². The molecular weight excluding hydrogens is 533 g/mol. The maximum Gasteiger partial charge on any atom is 0.307 e. The van der Waals surface area contributed by atoms with Crippen LogP contribution >= 0.6 is 11.6 Å². The van der Waals surface area contributed by atoms with Crippen molar-refractivity contribution < 1.29 is 28.1 Å². The number of aromatic nitrogens is 1. The number of carbonyl (C=O) groups is 1. The summed E-state index contributed by atoms with van der Waals surface area (Å²) in [7, 11) is 1.36. The van der Waals surface area contributed by atoms with Crippen LogP contribution in [0.15, 0.2) is 48.7 Å². The number of hydrogen-bond acceptors (Lipinski definition) is 6. The number of benzene rings is 2. The molecule has 0 saturated carbocycles. The zero-order chi connectivity index (χ0) is 28.1. The SMILES string of the molecule is CC#CC(CC(=O)OC)c1ccc(O[C@@H]2CCc3c(-c4cnc(OC5CCOCC5)c(Cl)c4)ccc(F)c32)cc1. The summed E-state index contributed by atoms with van der Waals surface area (Å²) in [5, 5.41) is 0.422. The second-order valence-electron chi connectivity index (χ2n) is 9.87. The van der Waals surface area contributed by atoms with Crippen LogP contribution in [-0.4, -0.2) is 37.4 Å². The van der Waals surface area contributed by atoms with Crippen molar-refractivity contribution in [3.63, 3.8) is 0 Å². The van der Waals surface area contributed by atoms with Crippen molar-refractivity contribution in [3.8, 4) is 34.6 Å². The summed E-state index contributed by atoms with van der Waals surface area (Å²) in [6.07, 6.45) is 4.41. The lowest BCUT2D eigenvalue weighted by atomic mass is 9.96. The Bertz CT molecular complexity index is 1430. The van der Waals surface area contributed by atoms with Crippen LogP contribution in [0.1, 0.15) is 61.3 Å². The second kappa shape index (κ2) is 12.7. The molecule has 6 nitrogen and oxygen atoms in total. The Balaban J connectivity index is 1.33. The first-order chi connectivity index (χ1) is 19.5. The number of esters is 1. The third kappa shape index (κ3) is 6.24. The van der Waals surface area contributed by atoms with Gasteiger partial charge in [-0.15, -0.1) is 5.92 Å². The van der Waals surface area contributed by atoms with E-state index in [1.807, 2.05) is 30.3 Å². The third-order valence-corrected chi connectivity index (χ3v) is 7.60. The molecule has 1 aliphatic carbocycles. The molecule has 208 valence electrons. The van der Waals surface area contributed by atoms with Gasteiger partial charge in [0.2, 0.25) is 5.88 Å². The van der Waals surface area contributed by atoms with Crippen LogP contribution in [0.5, 0.6) is 11.6 Å². The molecule has 0 N–H and O–H groups in total. The van der Waals surface area contributed by atoms with E-state index in [4.69, 9.17) is 30.5 Å². The van der Waals surface area contributed by atoms with Gasteiger partial charge >= 0.3 is 5.97 Å². The van der Waals surface area contributed by atoms with Gasteiger partial charge in [0.1, 0.15) is 28.8 Å². The molecule has 2 atom stereocenters. The van der Waals surface area contributed by atoms with E-state index < -0.39 is 6.10 Å². The minimum atomic E-state index is -0.429. The van der Waals surface area contributed by atoms with Gasteiger partial charge in [-0.3, -0.25) is 4.79 Å². The highest BCUT2D eigenvalue weighted by atomic mass is 35.5. The molecular formula is C32H31ClFNO5. The number of rotatable bonds is 8. The molecule has 8 heteroatoms. The summed E-state index contributed by atoms with van der Waals surface area (Å²) < 4.78 is 37.6. The maximum atomic E-state index is 15.1. The topological polar surface area (TPSA) is 66.9 Å². The standard InChI is InChI=1S/C32H31ClFNO5/c1-3-4-21(18-30(36)37-2)20-5-7-23(8-6-20)39-29-12-10-26-25(9-11-28(34)31(26)29)22-17-27(33)32(35-19-22)40-24-13-15-38-16-14-24/h5-9,11,17,19,21,24,29H,10,12-16,18H2,1-2H3/t21?,29-/m1/s1. The molecule has 5 rings (SSSR count). The van der Waals surface area contributed by atoms with Gasteiger partial charge in [-0.1, -0.05) is 35.7 Å². The summed E-state index contributed by atoms with van der Waals surface area (Å²) in [4.78, 5) is 16.3. The number of nitrogens with zero attached hydrogens (tertiary/aromatic N) is 1. The van der Waals surface area contributed by atoms with Crippen molar-refractivity contribution in [2.45, 2.75) is 57.2 Å². The summed E-state index contributed by atoms with van der Waals surface area (Å²) in [6.45, 7) is 3.07. The van der Waals surface area contributed by atoms with E-state index in [2.05, 4.69) is 16.8 Å². The highest BCUT2D eigenvalue weighted by molar-refractivity contribution is 6.32. The highest BCUT2D eigenvalue weighted by Crippen LogP contribution is 2.42. The summed E-state index contributed by atoms with van der Waals surface area (Å²) in [5.41, 5.74) is 4.03. The minimum Gasteiger partial charge on any atom is -0.486 e. The third-order valence-electron chi connectivity index (χ3n) is 7.33. The first kappa shape index (κ1) is 27.9. The van der Waals surface area contributed by atoms with Gasteiger partial charge in [-0.25, -0.2) is 9.37 Å². The Kier molecular flexibility index (Phi) is 8.88. The number of ether oxygens (including phenoxy) is 4. The number of hydrogen-bond donors (Lipinski definition) is 0. The van der Waals surface area contributed by atoms with E-state index in [-0.39, 0.29) is 30.2 Å². The molecule has 2 aromatic carbocycles. The fraction of sp³-hybridized carbons (Fsp3) is 0.375. The van der Waals surface area contributed by atoms with Gasteiger partial charge in [-0.2, -0.15) is 0 Å². The molecule has 1 saturated heterocycles. The van der Waals surface area contributed by atoms with Gasteiger partial charge in [-0.05, 0) is 60.7 Å². The molecule has 2 heterocycles. The fourth-order valence-electron chi connectivity index (χ4n) is 5.29. The van der Waals surface area contributed by atoms with Crippen LogP contribution in [0.3, 0.4) is 0 Å². The molecule has 3 aromatic rings. The van der Waals surface area contributed by atoms with Crippen LogP contribution in [-0.2, 0) is 20.7 Å². The Morgan fingerprint density at radius 2 is 1.93 bits per heavy atom. The quantitative estimate of drug-likeness (QED) is 0.221. The molecule has 2 aliphatic rings. The Morgan fingerprint density at radius 3 is 2.62 bits per heavy atom. The van der Waals surface area contributed by atoms with Gasteiger partial charge in [0.25, 0.3) is 0 Å². The summed E-state index contributed by atoms with van der Waals surface area (Å²) >= 11 is 6.56. The average Bonchev–Trinajstić information content (AvgIpc) is 3.39. The maximum absolute atomic E-state index is 15.1. The zero-order valence-electron chi connectivity index (χ0n) is 22.5. The Labute approximate surface area is 238 Å². The first-order valence-electron chi connectivity index (χ1n) is 13.4. The summed E-state index contributed by atoms with van der Waals surface area (Å²) in [5.74, 6) is 6.06. The van der Waals surface area contributed by atoms with Crippen molar-refractivity contribution in [3.05, 3.63) is 76.2 Å². The predicted octanol–water partition coefficient (Wildman–Crippen LogP) is 6.84. The molecule has 1 aliphatic heterocycles. The number of methoxy groups -OCH3 is 1. The molecule has 1 unspecified atom stereocenters. The molecule has 1 fully saturated rings. The van der Waals surface area contributed by atoms with Crippen molar-refractivity contribution >= 4 is 17.6 Å². The van der Waals surface area contributed by atoms with Crippen molar-refractivity contribution in [2.75, 3.05) is 20.3 Å². The number of fused-ring (bicyclic) bond motifs is 1. The normalized spacial score (nSPS) is 17.4. The van der Waals surface area contributed by atoms with Gasteiger partial charge in [0.15, 0.2) is 0 Å². The number of halogens is 2. The van der Waals surface area contributed by atoms with Crippen LogP contribution in [0.25, 0.3) is 11.1 Å². The minimum absolute atomic E-state index is 0.0324. The zero-order valence-corrected chi connectivity index (χ0v) is 23.3. The Morgan fingerprint density at radius 1 is 1.15 bits per heavy atom. The average molecular weight is 564 g/mol. The van der Waals surface area contributed by atoms with E-state index in [1.165, 1.54) is 13.2 Å². The Hall–Kier alpha value is -3.60. The van der Waals surface area contributed by atoms with Gasteiger partial charge < -0.3 is 18.9 Å².